The van der Waals surface area contributed by atoms with Gasteiger partial charge in [-0.05, 0) is 31.6 Å². The van der Waals surface area contributed by atoms with Crippen LogP contribution >= 0.6 is 0 Å². The highest BCUT2D eigenvalue weighted by molar-refractivity contribution is 5.84. The Hall–Kier alpha value is -1.06. The second kappa shape index (κ2) is 6.43. The third-order valence-electron chi connectivity index (χ3n) is 2.88. The third kappa shape index (κ3) is 4.81. The molecule has 0 aromatic carbocycles. The largest absolute Gasteiger partial charge is 0.479 e. The van der Waals surface area contributed by atoms with Crippen LogP contribution in [0.25, 0.3) is 0 Å². The summed E-state index contributed by atoms with van der Waals surface area (Å²) in [7, 11) is 0. The summed E-state index contributed by atoms with van der Waals surface area (Å²) >= 11 is 0. The maximum Gasteiger partial charge on any atom is 0.344 e. The molecular weight excluding hydrogens is 194 g/mol. The smallest absolute Gasteiger partial charge is 0.344 e. The van der Waals surface area contributed by atoms with E-state index in [1.165, 1.54) is 12.8 Å². The highest BCUT2D eigenvalue weighted by Gasteiger charge is 2.14. The number of hydrogen-bond donors (Lipinski definition) is 1. The first-order valence-corrected chi connectivity index (χ1v) is 5.62. The molecule has 0 aliphatic heterocycles. The average Bonchev–Trinajstić information content (AvgIpc) is 2.42. The second-order valence-corrected chi connectivity index (χ2v) is 4.03. The van der Waals surface area contributed by atoms with E-state index in [0.29, 0.717) is 0 Å². The lowest BCUT2D eigenvalue weighted by atomic mass is 9.98. The number of oxime groups is 1. The summed E-state index contributed by atoms with van der Waals surface area (Å²) in [6, 6.07) is 0. The topological polar surface area (TPSA) is 58.9 Å². The van der Waals surface area contributed by atoms with Gasteiger partial charge in [-0.3, -0.25) is 0 Å². The molecule has 0 amide bonds. The third-order valence-corrected chi connectivity index (χ3v) is 2.88. The predicted molar refractivity (Wildman–Crippen MR) is 57.9 cm³/mol. The van der Waals surface area contributed by atoms with Gasteiger partial charge >= 0.3 is 5.97 Å². The van der Waals surface area contributed by atoms with E-state index in [-0.39, 0.29) is 6.61 Å². The van der Waals surface area contributed by atoms with Crippen molar-refractivity contribution in [1.82, 2.24) is 0 Å². The highest BCUT2D eigenvalue weighted by atomic mass is 16.6. The monoisotopic (exact) mass is 213 g/mol. The van der Waals surface area contributed by atoms with Crippen LogP contribution in [0.15, 0.2) is 5.16 Å². The van der Waals surface area contributed by atoms with Crippen molar-refractivity contribution in [1.29, 1.82) is 0 Å². The maximum atomic E-state index is 10.2. The van der Waals surface area contributed by atoms with Gasteiger partial charge in [0.05, 0.1) is 5.71 Å². The Morgan fingerprint density at radius 1 is 1.53 bits per heavy atom. The van der Waals surface area contributed by atoms with Crippen LogP contribution < -0.4 is 0 Å². The average molecular weight is 213 g/mol. The molecule has 1 aliphatic carbocycles. The van der Waals surface area contributed by atoms with E-state index < -0.39 is 5.97 Å². The lowest BCUT2D eigenvalue weighted by Gasteiger charge is -2.08. The van der Waals surface area contributed by atoms with Gasteiger partial charge in [0.1, 0.15) is 0 Å². The molecular formula is C11H19NO3. The van der Waals surface area contributed by atoms with Crippen molar-refractivity contribution in [3.05, 3.63) is 0 Å². The van der Waals surface area contributed by atoms with E-state index >= 15 is 0 Å². The first kappa shape index (κ1) is 12.0. The first-order chi connectivity index (χ1) is 7.22. The lowest BCUT2D eigenvalue weighted by molar-refractivity contribution is -0.142. The molecule has 0 heterocycles. The predicted octanol–water partition coefficient (Wildman–Crippen LogP) is 2.43. The van der Waals surface area contributed by atoms with Crippen molar-refractivity contribution in [2.24, 2.45) is 11.1 Å². The molecule has 1 aliphatic rings. The van der Waals surface area contributed by atoms with Gasteiger partial charge in [-0.2, -0.15) is 0 Å². The van der Waals surface area contributed by atoms with Crippen LogP contribution in [0.2, 0.25) is 0 Å². The first-order valence-electron chi connectivity index (χ1n) is 5.62. The summed E-state index contributed by atoms with van der Waals surface area (Å²) < 4.78 is 0. The van der Waals surface area contributed by atoms with Gasteiger partial charge in [0, 0.05) is 0 Å². The van der Waals surface area contributed by atoms with Gasteiger partial charge in [0.15, 0.2) is 0 Å². The van der Waals surface area contributed by atoms with E-state index in [9.17, 15) is 4.79 Å². The van der Waals surface area contributed by atoms with Crippen molar-refractivity contribution in [3.63, 3.8) is 0 Å². The molecule has 1 fully saturated rings. The van der Waals surface area contributed by atoms with Crippen molar-refractivity contribution >= 4 is 11.7 Å². The van der Waals surface area contributed by atoms with Gasteiger partial charge in [0.25, 0.3) is 0 Å². The van der Waals surface area contributed by atoms with Gasteiger partial charge in [-0.15, -0.1) is 0 Å². The van der Waals surface area contributed by atoms with Crippen LogP contribution in [0.1, 0.15) is 45.4 Å². The molecule has 4 heteroatoms. The minimum atomic E-state index is -0.973. The fraction of sp³-hybridized carbons (Fsp3) is 0.818. The van der Waals surface area contributed by atoms with Crippen LogP contribution in [0.3, 0.4) is 0 Å². The molecule has 0 aromatic heterocycles. The van der Waals surface area contributed by atoms with Crippen LogP contribution in [-0.2, 0) is 9.63 Å². The Labute approximate surface area is 90.3 Å². The van der Waals surface area contributed by atoms with Crippen molar-refractivity contribution in [2.75, 3.05) is 6.61 Å². The normalized spacial score (nSPS) is 24.9. The molecule has 0 bridgehead atoms. The number of nitrogens with zero attached hydrogens (tertiary/aromatic N) is 1. The molecule has 1 unspecified atom stereocenters. The van der Waals surface area contributed by atoms with E-state index in [1.54, 1.807) is 0 Å². The van der Waals surface area contributed by atoms with E-state index in [0.717, 1.165) is 37.3 Å². The number of hydrogen-bond acceptors (Lipinski definition) is 3. The summed E-state index contributed by atoms with van der Waals surface area (Å²) in [5, 5.41) is 12.3. The Balaban J connectivity index is 2.32. The number of carbonyl (C=O) groups is 1. The van der Waals surface area contributed by atoms with E-state index in [4.69, 9.17) is 9.94 Å². The Morgan fingerprint density at radius 3 is 3.00 bits per heavy atom. The van der Waals surface area contributed by atoms with Crippen molar-refractivity contribution < 1.29 is 14.7 Å². The fourth-order valence-corrected chi connectivity index (χ4v) is 1.91. The number of aliphatic carboxylic acids is 1. The van der Waals surface area contributed by atoms with Crippen molar-refractivity contribution in [3.8, 4) is 0 Å². The number of carboxylic acid groups (broad SMARTS) is 1. The molecule has 4 nitrogen and oxygen atoms in total. The van der Waals surface area contributed by atoms with Gasteiger partial charge in [-0.1, -0.05) is 24.9 Å². The molecule has 1 N–H and O–H groups in total. The van der Waals surface area contributed by atoms with Gasteiger partial charge in [0.2, 0.25) is 6.61 Å². The molecule has 1 rings (SSSR count). The Morgan fingerprint density at radius 2 is 2.33 bits per heavy atom. The zero-order valence-corrected chi connectivity index (χ0v) is 9.24. The van der Waals surface area contributed by atoms with Crippen LogP contribution in [0.4, 0.5) is 0 Å². The zero-order valence-electron chi connectivity index (χ0n) is 9.24. The molecule has 0 saturated heterocycles. The summed E-state index contributed by atoms with van der Waals surface area (Å²) in [4.78, 5) is 15.0. The molecule has 1 atom stereocenters. The number of rotatable bonds is 4. The lowest BCUT2D eigenvalue weighted by Crippen LogP contribution is -2.06. The molecule has 86 valence electrons. The fourth-order valence-electron chi connectivity index (χ4n) is 1.91. The SMILES string of the molecule is CCC1CCCC(=NOCC(=O)O)CC1. The van der Waals surface area contributed by atoms with Gasteiger partial charge in [-0.25, -0.2) is 4.79 Å². The minimum Gasteiger partial charge on any atom is -0.479 e. The molecule has 1 saturated carbocycles. The number of carboxylic acids is 1. The summed E-state index contributed by atoms with van der Waals surface area (Å²) in [5.41, 5.74) is 1.02. The molecule has 0 spiro atoms. The van der Waals surface area contributed by atoms with Gasteiger partial charge < -0.3 is 9.94 Å². The second-order valence-electron chi connectivity index (χ2n) is 4.03. The standard InChI is InChI=1S/C11H19NO3/c1-2-9-4-3-5-10(7-6-9)12-15-8-11(13)14/h9H,2-8H2,1H3,(H,13,14). The quantitative estimate of drug-likeness (QED) is 0.576. The molecule has 0 radical (unpaired) electrons. The molecule has 0 aromatic rings. The Bertz CT molecular complexity index is 238. The summed E-state index contributed by atoms with van der Waals surface area (Å²) in [6.07, 6.45) is 6.70. The van der Waals surface area contributed by atoms with Crippen LogP contribution in [-0.4, -0.2) is 23.4 Å². The zero-order chi connectivity index (χ0) is 11.1. The van der Waals surface area contributed by atoms with Crippen molar-refractivity contribution in [2.45, 2.75) is 45.4 Å². The molecule has 15 heavy (non-hydrogen) atoms. The Kier molecular flexibility index (Phi) is 5.15. The van der Waals surface area contributed by atoms with Crippen LogP contribution in [0, 0.1) is 5.92 Å². The van der Waals surface area contributed by atoms with Crippen LogP contribution in [0.5, 0.6) is 0 Å². The highest BCUT2D eigenvalue weighted by Crippen LogP contribution is 2.23. The minimum absolute atomic E-state index is 0.333. The van der Waals surface area contributed by atoms with E-state index in [1.807, 2.05) is 0 Å². The summed E-state index contributed by atoms with van der Waals surface area (Å²) in [6.45, 7) is 1.88. The van der Waals surface area contributed by atoms with E-state index in [2.05, 4.69) is 12.1 Å². The summed E-state index contributed by atoms with van der Waals surface area (Å²) in [5.74, 6) is -0.170. The maximum absolute atomic E-state index is 10.2.